The summed E-state index contributed by atoms with van der Waals surface area (Å²) in [6.07, 6.45) is 3.19. The van der Waals surface area contributed by atoms with E-state index in [-0.39, 0.29) is 5.91 Å². The van der Waals surface area contributed by atoms with Crippen LogP contribution in [0.1, 0.15) is 18.4 Å². The molecule has 1 aromatic carbocycles. The molecule has 0 spiro atoms. The first-order chi connectivity index (χ1) is 13.1. The maximum Gasteiger partial charge on any atom is 0.236 e. The molecule has 2 heterocycles. The Morgan fingerprint density at radius 3 is 2.67 bits per heavy atom. The van der Waals surface area contributed by atoms with E-state index in [4.69, 9.17) is 9.47 Å². The van der Waals surface area contributed by atoms with Crippen LogP contribution in [-0.2, 0) is 11.2 Å². The first-order valence-electron chi connectivity index (χ1n) is 9.98. The normalized spacial score (nSPS) is 21.9. The average Bonchev–Trinajstić information content (AvgIpc) is 3.04. The summed E-state index contributed by atoms with van der Waals surface area (Å²) >= 11 is 0. The fraction of sp³-hybridized carbons (Fsp3) is 0.667. The van der Waals surface area contributed by atoms with Crippen LogP contribution in [-0.4, -0.2) is 87.7 Å². The summed E-state index contributed by atoms with van der Waals surface area (Å²) in [5.41, 5.74) is 1.24. The summed E-state index contributed by atoms with van der Waals surface area (Å²) in [6, 6.07) is 6.11. The molecule has 6 nitrogen and oxygen atoms in total. The Morgan fingerprint density at radius 2 is 1.89 bits per heavy atom. The lowest BCUT2D eigenvalue weighted by atomic mass is 9.98. The third-order valence-electron chi connectivity index (χ3n) is 5.78. The van der Waals surface area contributed by atoms with Crippen LogP contribution in [0.25, 0.3) is 0 Å². The summed E-state index contributed by atoms with van der Waals surface area (Å²) in [4.78, 5) is 19.4. The molecule has 27 heavy (non-hydrogen) atoms. The van der Waals surface area contributed by atoms with Crippen LogP contribution in [0.4, 0.5) is 0 Å². The van der Waals surface area contributed by atoms with Crippen LogP contribution in [0.15, 0.2) is 18.2 Å². The van der Waals surface area contributed by atoms with Crippen molar-refractivity contribution in [2.45, 2.75) is 19.3 Å². The highest BCUT2D eigenvalue weighted by Gasteiger charge is 2.27. The maximum absolute atomic E-state index is 12.7. The van der Waals surface area contributed by atoms with E-state index in [9.17, 15) is 4.79 Å². The molecular weight excluding hydrogens is 342 g/mol. The van der Waals surface area contributed by atoms with Crippen molar-refractivity contribution in [2.75, 3.05) is 67.1 Å². The molecule has 0 N–H and O–H groups in total. The van der Waals surface area contributed by atoms with E-state index in [1.165, 1.54) is 5.56 Å². The van der Waals surface area contributed by atoms with Crippen LogP contribution in [0.5, 0.6) is 11.5 Å². The molecule has 0 aromatic heterocycles. The molecule has 3 rings (SSSR count). The minimum atomic E-state index is 0.286. The van der Waals surface area contributed by atoms with Crippen LogP contribution in [0, 0.1) is 5.92 Å². The van der Waals surface area contributed by atoms with Gasteiger partial charge in [-0.3, -0.25) is 9.69 Å². The number of benzene rings is 1. The van der Waals surface area contributed by atoms with Gasteiger partial charge in [0.05, 0.1) is 20.8 Å². The largest absolute Gasteiger partial charge is 0.493 e. The lowest BCUT2D eigenvalue weighted by molar-refractivity contribution is -0.131. The van der Waals surface area contributed by atoms with Gasteiger partial charge in [-0.1, -0.05) is 6.07 Å². The molecule has 2 saturated heterocycles. The number of ether oxygens (including phenoxy) is 2. The Bertz CT molecular complexity index is 637. The fourth-order valence-electron chi connectivity index (χ4n) is 4.12. The summed E-state index contributed by atoms with van der Waals surface area (Å²) in [6.45, 7) is 6.50. The number of carbonyl (C=O) groups excluding carboxylic acids is 1. The van der Waals surface area contributed by atoms with Crippen molar-refractivity contribution in [3.05, 3.63) is 23.8 Å². The third kappa shape index (κ3) is 5.36. The SMILES string of the molecule is COc1ccc(CC2CCN(C(=O)CN3CCCN(C)CC3)C2)cc1OC. The molecule has 0 saturated carbocycles. The summed E-state index contributed by atoms with van der Waals surface area (Å²) < 4.78 is 10.7. The number of hydrogen-bond donors (Lipinski definition) is 0. The average molecular weight is 376 g/mol. The highest BCUT2D eigenvalue weighted by Crippen LogP contribution is 2.30. The maximum atomic E-state index is 12.7. The van der Waals surface area contributed by atoms with Gasteiger partial charge in [-0.2, -0.15) is 0 Å². The number of rotatable bonds is 6. The van der Waals surface area contributed by atoms with Gasteiger partial charge in [0.15, 0.2) is 11.5 Å². The Balaban J connectivity index is 1.50. The summed E-state index contributed by atoms with van der Waals surface area (Å²) in [5.74, 6) is 2.33. The van der Waals surface area contributed by atoms with Crippen molar-refractivity contribution >= 4 is 5.91 Å². The highest BCUT2D eigenvalue weighted by atomic mass is 16.5. The van der Waals surface area contributed by atoms with E-state index < -0.39 is 0 Å². The highest BCUT2D eigenvalue weighted by molar-refractivity contribution is 5.78. The molecule has 1 aromatic rings. The van der Waals surface area contributed by atoms with Crippen molar-refractivity contribution in [2.24, 2.45) is 5.92 Å². The smallest absolute Gasteiger partial charge is 0.236 e. The topological polar surface area (TPSA) is 45.2 Å². The first kappa shape index (κ1) is 20.0. The van der Waals surface area contributed by atoms with Crippen molar-refractivity contribution in [1.29, 1.82) is 0 Å². The zero-order valence-electron chi connectivity index (χ0n) is 16.9. The molecule has 2 aliphatic heterocycles. The van der Waals surface area contributed by atoms with Crippen molar-refractivity contribution in [3.8, 4) is 11.5 Å². The lowest BCUT2D eigenvalue weighted by Gasteiger charge is -2.23. The van der Waals surface area contributed by atoms with Gasteiger partial charge >= 0.3 is 0 Å². The number of methoxy groups -OCH3 is 2. The number of carbonyl (C=O) groups is 1. The van der Waals surface area contributed by atoms with E-state index in [0.29, 0.717) is 12.5 Å². The quantitative estimate of drug-likeness (QED) is 0.758. The van der Waals surface area contributed by atoms with Gasteiger partial charge in [-0.05, 0) is 63.0 Å². The second kappa shape index (κ2) is 9.42. The van der Waals surface area contributed by atoms with E-state index >= 15 is 0 Å². The lowest BCUT2D eigenvalue weighted by Crippen LogP contribution is -2.40. The third-order valence-corrected chi connectivity index (χ3v) is 5.78. The Labute approximate surface area is 163 Å². The van der Waals surface area contributed by atoms with Gasteiger partial charge in [-0.25, -0.2) is 0 Å². The molecule has 2 aliphatic rings. The van der Waals surface area contributed by atoms with E-state index in [0.717, 1.165) is 70.0 Å². The van der Waals surface area contributed by atoms with Crippen LogP contribution < -0.4 is 9.47 Å². The standard InChI is InChI=1S/C21H33N3O3/c1-22-8-4-9-23(12-11-22)16-21(25)24-10-7-18(15-24)13-17-5-6-19(26-2)20(14-17)27-3/h5-6,14,18H,4,7-13,15-16H2,1-3H3. The molecule has 2 fully saturated rings. The summed E-state index contributed by atoms with van der Waals surface area (Å²) in [7, 11) is 5.48. The fourth-order valence-corrected chi connectivity index (χ4v) is 4.12. The Hall–Kier alpha value is -1.79. The Kier molecular flexibility index (Phi) is 6.96. The number of hydrogen-bond acceptors (Lipinski definition) is 5. The molecule has 0 bridgehead atoms. The van der Waals surface area contributed by atoms with Crippen molar-refractivity contribution in [3.63, 3.8) is 0 Å². The zero-order valence-corrected chi connectivity index (χ0v) is 16.9. The van der Waals surface area contributed by atoms with Gasteiger partial charge in [0, 0.05) is 26.2 Å². The van der Waals surface area contributed by atoms with E-state index in [1.807, 2.05) is 6.07 Å². The molecule has 0 radical (unpaired) electrons. The molecular formula is C21H33N3O3. The Morgan fingerprint density at radius 1 is 1.07 bits per heavy atom. The molecule has 1 amide bonds. The van der Waals surface area contributed by atoms with E-state index in [1.54, 1.807) is 14.2 Å². The molecule has 0 aliphatic carbocycles. The van der Waals surface area contributed by atoms with Gasteiger partial charge < -0.3 is 19.3 Å². The van der Waals surface area contributed by atoms with Crippen molar-refractivity contribution < 1.29 is 14.3 Å². The van der Waals surface area contributed by atoms with Crippen LogP contribution >= 0.6 is 0 Å². The monoisotopic (exact) mass is 375 g/mol. The van der Waals surface area contributed by atoms with Gasteiger partial charge in [0.2, 0.25) is 5.91 Å². The summed E-state index contributed by atoms with van der Waals surface area (Å²) in [5, 5.41) is 0. The van der Waals surface area contributed by atoms with Crippen LogP contribution in [0.3, 0.4) is 0 Å². The van der Waals surface area contributed by atoms with Gasteiger partial charge in [-0.15, -0.1) is 0 Å². The van der Waals surface area contributed by atoms with Crippen molar-refractivity contribution in [1.82, 2.24) is 14.7 Å². The van der Waals surface area contributed by atoms with Crippen LogP contribution in [0.2, 0.25) is 0 Å². The predicted molar refractivity (Wildman–Crippen MR) is 106 cm³/mol. The second-order valence-corrected chi connectivity index (χ2v) is 7.82. The number of amides is 1. The predicted octanol–water partition coefficient (Wildman–Crippen LogP) is 1.73. The van der Waals surface area contributed by atoms with Gasteiger partial charge in [0.25, 0.3) is 0 Å². The zero-order chi connectivity index (χ0) is 19.2. The molecule has 1 atom stereocenters. The second-order valence-electron chi connectivity index (χ2n) is 7.82. The minimum absolute atomic E-state index is 0.286. The molecule has 1 unspecified atom stereocenters. The number of likely N-dealkylation sites (tertiary alicyclic amines) is 1. The molecule has 150 valence electrons. The first-order valence-corrected chi connectivity index (χ1v) is 9.98. The molecule has 6 heteroatoms. The number of likely N-dealkylation sites (N-methyl/N-ethyl adjacent to an activating group) is 1. The minimum Gasteiger partial charge on any atom is -0.493 e. The number of nitrogens with zero attached hydrogens (tertiary/aromatic N) is 3. The van der Waals surface area contributed by atoms with E-state index in [2.05, 4.69) is 33.9 Å². The van der Waals surface area contributed by atoms with Gasteiger partial charge in [0.1, 0.15) is 0 Å².